The molecule has 0 spiro atoms. The Morgan fingerprint density at radius 3 is 2.57 bits per heavy atom. The number of nitrogens with one attached hydrogen (secondary N) is 1. The maximum absolute atomic E-state index is 15.0. The molecule has 180 valence electrons. The highest BCUT2D eigenvalue weighted by atomic mass is 19.1. The zero-order chi connectivity index (χ0) is 25.0. The molecular weight excluding hydrogens is 452 g/mol. The number of aromatic nitrogens is 1. The summed E-state index contributed by atoms with van der Waals surface area (Å²) in [6, 6.07) is 14.4. The summed E-state index contributed by atoms with van der Waals surface area (Å²) in [5, 5.41) is 23.2. The van der Waals surface area contributed by atoms with Crippen LogP contribution in [0, 0.1) is 11.6 Å². The van der Waals surface area contributed by atoms with Crippen molar-refractivity contribution < 1.29 is 23.8 Å². The minimum absolute atomic E-state index is 0.0299. The van der Waals surface area contributed by atoms with Crippen LogP contribution in [0.4, 0.5) is 8.78 Å². The first-order chi connectivity index (χ1) is 16.8. The number of aliphatic hydroxyl groups is 2. The lowest BCUT2D eigenvalue weighted by atomic mass is 9.92. The first-order valence-corrected chi connectivity index (χ1v) is 11.1. The molecule has 3 N–H and O–H groups in total. The summed E-state index contributed by atoms with van der Waals surface area (Å²) in [6.07, 6.45) is 3.42. The fourth-order valence-electron chi connectivity index (χ4n) is 3.89. The highest BCUT2D eigenvalue weighted by molar-refractivity contribution is 6.19. The highest BCUT2D eigenvalue weighted by Crippen LogP contribution is 2.25. The van der Waals surface area contributed by atoms with Crippen molar-refractivity contribution in [1.29, 1.82) is 0 Å². The molecule has 8 heteroatoms. The van der Waals surface area contributed by atoms with Gasteiger partial charge in [-0.25, -0.2) is 8.78 Å². The molecule has 6 nitrogen and oxygen atoms in total. The second-order valence-corrected chi connectivity index (χ2v) is 8.61. The van der Waals surface area contributed by atoms with Crippen LogP contribution in [0.15, 0.2) is 77.9 Å². The molecule has 0 aliphatic carbocycles. The number of pyridine rings is 1. The molecule has 0 unspecified atom stereocenters. The summed E-state index contributed by atoms with van der Waals surface area (Å²) in [5.74, 6) is -1.61. The molecule has 0 bridgehead atoms. The number of rotatable bonds is 8. The normalized spacial score (nSPS) is 15.7. The fraction of sp³-hybridized carbons (Fsp3) is 0.222. The Bertz CT molecular complexity index is 1270. The Hall–Kier alpha value is -3.75. The van der Waals surface area contributed by atoms with Crippen LogP contribution in [0.2, 0.25) is 0 Å². The molecule has 2 aromatic carbocycles. The molecule has 2 heterocycles. The van der Waals surface area contributed by atoms with Gasteiger partial charge in [-0.2, -0.15) is 0 Å². The van der Waals surface area contributed by atoms with Crippen molar-refractivity contribution in [1.82, 2.24) is 10.3 Å². The molecular formula is C27H25F2N3O3. The Morgan fingerprint density at radius 1 is 1.11 bits per heavy atom. The molecule has 1 aromatic heterocycles. The first kappa shape index (κ1) is 24.4. The summed E-state index contributed by atoms with van der Waals surface area (Å²) >= 11 is 0. The number of nitrogens with zero attached hydrogens (tertiary/aromatic N) is 2. The summed E-state index contributed by atoms with van der Waals surface area (Å²) < 4.78 is 28.3. The van der Waals surface area contributed by atoms with E-state index >= 15 is 0 Å². The minimum atomic E-state index is -1.65. The molecule has 0 saturated carbocycles. The van der Waals surface area contributed by atoms with Crippen molar-refractivity contribution in [3.8, 4) is 0 Å². The molecule has 1 amide bonds. The van der Waals surface area contributed by atoms with Gasteiger partial charge in [0, 0.05) is 23.9 Å². The first-order valence-electron chi connectivity index (χ1n) is 11.1. The second-order valence-electron chi connectivity index (χ2n) is 8.61. The molecule has 1 aliphatic heterocycles. The van der Waals surface area contributed by atoms with Crippen LogP contribution in [0.5, 0.6) is 0 Å². The minimum Gasteiger partial charge on any atom is -0.393 e. The molecule has 0 fully saturated rings. The van der Waals surface area contributed by atoms with Crippen molar-refractivity contribution in [2.75, 3.05) is 13.2 Å². The molecule has 3 aromatic rings. The number of carbonyl (C=O) groups is 1. The summed E-state index contributed by atoms with van der Waals surface area (Å²) in [5.41, 5.74) is 0.845. The van der Waals surface area contributed by atoms with E-state index in [0.29, 0.717) is 11.4 Å². The van der Waals surface area contributed by atoms with Crippen molar-refractivity contribution in [2.45, 2.75) is 25.0 Å². The van der Waals surface area contributed by atoms with Crippen LogP contribution in [-0.4, -0.2) is 51.6 Å². The van der Waals surface area contributed by atoms with Gasteiger partial charge in [-0.3, -0.25) is 14.8 Å². The van der Waals surface area contributed by atoms with Crippen molar-refractivity contribution in [3.05, 3.63) is 107 Å². The number of aliphatic hydroxyl groups excluding tert-OH is 1. The average Bonchev–Trinajstić information content (AvgIpc) is 3.34. The number of hydrogen-bond donors (Lipinski definition) is 3. The number of hydrogen-bond acceptors (Lipinski definition) is 5. The van der Waals surface area contributed by atoms with Crippen molar-refractivity contribution >= 4 is 17.2 Å². The van der Waals surface area contributed by atoms with Gasteiger partial charge in [-0.1, -0.05) is 24.3 Å². The summed E-state index contributed by atoms with van der Waals surface area (Å²) in [4.78, 5) is 22.0. The van der Waals surface area contributed by atoms with E-state index in [0.717, 1.165) is 11.1 Å². The fourth-order valence-corrected chi connectivity index (χ4v) is 3.89. The molecule has 0 radical (unpaired) electrons. The number of amides is 1. The standard InChI is InChI=1S/C27H25F2N3O3/c1-27(35,16-33)24(14-20-5-2-3-12-30-20)32-26(34)21-6-4-7-22(29)25(21)23-13-18(15-31-23)17-8-10-19(28)11-9-17/h2-13,24,33,35H,14-16H2,1H3,(H,32,34)/t24-,27-/m1/s1. The number of benzene rings is 2. The van der Waals surface area contributed by atoms with E-state index in [1.807, 2.05) is 0 Å². The monoisotopic (exact) mass is 477 g/mol. The van der Waals surface area contributed by atoms with Gasteiger partial charge in [0.1, 0.15) is 17.2 Å². The van der Waals surface area contributed by atoms with E-state index < -0.39 is 30.0 Å². The van der Waals surface area contributed by atoms with Crippen molar-refractivity contribution in [2.24, 2.45) is 4.99 Å². The second kappa shape index (κ2) is 10.2. The van der Waals surface area contributed by atoms with Crippen LogP contribution in [0.1, 0.15) is 34.1 Å². The number of carbonyl (C=O) groups excluding carboxylic acids is 1. The Kier molecular flexibility index (Phi) is 7.14. The van der Waals surface area contributed by atoms with Gasteiger partial charge in [0.05, 0.1) is 30.5 Å². The van der Waals surface area contributed by atoms with Crippen molar-refractivity contribution in [3.63, 3.8) is 0 Å². The third kappa shape index (κ3) is 5.50. The number of halogens is 2. The maximum Gasteiger partial charge on any atom is 0.252 e. The molecule has 2 atom stereocenters. The third-order valence-electron chi connectivity index (χ3n) is 5.98. The lowest BCUT2D eigenvalue weighted by molar-refractivity contribution is -0.0277. The van der Waals surface area contributed by atoms with Crippen LogP contribution in [0.25, 0.3) is 5.57 Å². The SMILES string of the molecule is C[C@@](O)(CO)[C@@H](Cc1ccccn1)NC(=O)c1cccc(F)c1C1=NCC(c2ccc(F)cc2)=C1. The van der Waals surface area contributed by atoms with Crippen LogP contribution >= 0.6 is 0 Å². The predicted octanol–water partition coefficient (Wildman–Crippen LogP) is 3.33. The van der Waals surface area contributed by atoms with Gasteiger partial charge in [0.2, 0.25) is 0 Å². The molecule has 35 heavy (non-hydrogen) atoms. The van der Waals surface area contributed by atoms with E-state index in [1.54, 1.807) is 42.6 Å². The van der Waals surface area contributed by atoms with E-state index in [2.05, 4.69) is 15.3 Å². The lowest BCUT2D eigenvalue weighted by Gasteiger charge is -2.32. The number of allylic oxidation sites excluding steroid dienone is 1. The van der Waals surface area contributed by atoms with Gasteiger partial charge < -0.3 is 15.5 Å². The van der Waals surface area contributed by atoms with Crippen LogP contribution in [-0.2, 0) is 6.42 Å². The Morgan fingerprint density at radius 2 is 1.89 bits per heavy atom. The molecule has 4 rings (SSSR count). The summed E-state index contributed by atoms with van der Waals surface area (Å²) in [6.45, 7) is 1.07. The lowest BCUT2D eigenvalue weighted by Crippen LogP contribution is -2.54. The van der Waals surface area contributed by atoms with Gasteiger partial charge in [-0.15, -0.1) is 0 Å². The largest absolute Gasteiger partial charge is 0.393 e. The van der Waals surface area contributed by atoms with Gasteiger partial charge in [0.15, 0.2) is 0 Å². The van der Waals surface area contributed by atoms with E-state index in [9.17, 15) is 23.8 Å². The predicted molar refractivity (Wildman–Crippen MR) is 129 cm³/mol. The topological polar surface area (TPSA) is 94.8 Å². The van der Waals surface area contributed by atoms with Gasteiger partial charge in [0.25, 0.3) is 5.91 Å². The third-order valence-corrected chi connectivity index (χ3v) is 5.98. The van der Waals surface area contributed by atoms with E-state index in [-0.39, 0.29) is 29.9 Å². The summed E-state index contributed by atoms with van der Waals surface area (Å²) in [7, 11) is 0. The van der Waals surface area contributed by atoms with E-state index in [4.69, 9.17) is 0 Å². The molecule has 1 aliphatic rings. The number of aliphatic imine (C=N–C) groups is 1. The highest BCUT2D eigenvalue weighted by Gasteiger charge is 2.34. The smallest absolute Gasteiger partial charge is 0.252 e. The van der Waals surface area contributed by atoms with Gasteiger partial charge >= 0.3 is 0 Å². The zero-order valence-electron chi connectivity index (χ0n) is 19.1. The van der Waals surface area contributed by atoms with Crippen LogP contribution in [0.3, 0.4) is 0 Å². The quantitative estimate of drug-likeness (QED) is 0.464. The van der Waals surface area contributed by atoms with Gasteiger partial charge in [-0.05, 0) is 60.5 Å². The maximum atomic E-state index is 15.0. The average molecular weight is 478 g/mol. The van der Waals surface area contributed by atoms with Crippen LogP contribution < -0.4 is 5.32 Å². The molecule has 0 saturated heterocycles. The van der Waals surface area contributed by atoms with E-state index in [1.165, 1.54) is 37.3 Å². The Balaban J connectivity index is 1.63. The Labute approximate surface area is 201 Å². The zero-order valence-corrected chi connectivity index (χ0v) is 19.1.